The zero-order valence-electron chi connectivity index (χ0n) is 39.2. The van der Waals surface area contributed by atoms with Crippen LogP contribution in [-0.4, -0.2) is 30.1 Å². The fraction of sp³-hybridized carbons (Fsp3) is 0.500. The Kier molecular flexibility index (Phi) is 18.6. The number of benzene rings is 4. The first-order chi connectivity index (χ1) is 30.9. The topological polar surface area (TPSA) is 131 Å². The van der Waals surface area contributed by atoms with E-state index >= 15 is 0 Å². The van der Waals surface area contributed by atoms with Crippen LogP contribution in [0.5, 0.6) is 0 Å². The van der Waals surface area contributed by atoms with Crippen molar-refractivity contribution in [1.29, 1.82) is 0 Å². The first kappa shape index (κ1) is 49.6. The van der Waals surface area contributed by atoms with Gasteiger partial charge in [0.1, 0.15) is 0 Å². The molecule has 9 rings (SSSR count). The van der Waals surface area contributed by atoms with Crippen LogP contribution in [0.3, 0.4) is 0 Å². The van der Waals surface area contributed by atoms with Gasteiger partial charge in [-0.05, 0) is 92.1 Å². The molecule has 8 heteroatoms. The van der Waals surface area contributed by atoms with Gasteiger partial charge < -0.3 is 27.5 Å². The van der Waals surface area contributed by atoms with E-state index in [4.69, 9.17) is 32.2 Å². The van der Waals surface area contributed by atoms with Gasteiger partial charge in [0, 0.05) is 40.6 Å². The number of rotatable bonds is 18. The molecular formula is C56H75CuN7. The molecule has 3 aliphatic heterocycles. The maximum absolute atomic E-state index is 6.42. The molecule has 4 aromatic carbocycles. The number of fused-ring (bicyclic) bond motifs is 4. The zero-order chi connectivity index (χ0) is 44.2. The Morgan fingerprint density at radius 1 is 0.672 bits per heavy atom. The Labute approximate surface area is 395 Å². The van der Waals surface area contributed by atoms with Crippen molar-refractivity contribution in [3.63, 3.8) is 0 Å². The van der Waals surface area contributed by atoms with Crippen molar-refractivity contribution in [2.75, 3.05) is 13.1 Å². The van der Waals surface area contributed by atoms with E-state index < -0.39 is 0 Å². The summed E-state index contributed by atoms with van der Waals surface area (Å²) in [5.41, 5.74) is 32.1. The van der Waals surface area contributed by atoms with E-state index in [1.54, 1.807) is 0 Å². The summed E-state index contributed by atoms with van der Waals surface area (Å²) in [6.45, 7) is 10.9. The Morgan fingerprint density at radius 2 is 1.31 bits per heavy atom. The van der Waals surface area contributed by atoms with Crippen LogP contribution in [-0.2, 0) is 36.5 Å². The fourth-order valence-electron chi connectivity index (χ4n) is 10.4. The van der Waals surface area contributed by atoms with Gasteiger partial charge in [-0.1, -0.05) is 180 Å². The first-order valence-corrected chi connectivity index (χ1v) is 24.7. The van der Waals surface area contributed by atoms with Crippen LogP contribution >= 0.6 is 0 Å². The molecule has 1 fully saturated rings. The van der Waals surface area contributed by atoms with Crippen molar-refractivity contribution in [3.05, 3.63) is 147 Å². The van der Waals surface area contributed by atoms with Crippen molar-refractivity contribution >= 4 is 22.2 Å². The summed E-state index contributed by atoms with van der Waals surface area (Å²) >= 11 is 0. The number of unbranched alkanes of at least 4 members (excludes halogenated alkanes) is 2. The minimum atomic E-state index is -0.0212. The first-order valence-electron chi connectivity index (χ1n) is 24.7. The van der Waals surface area contributed by atoms with Crippen LogP contribution in [0.2, 0.25) is 0 Å². The summed E-state index contributed by atoms with van der Waals surface area (Å²) in [4.78, 5) is 15.8. The molecule has 0 saturated heterocycles. The molecule has 0 bridgehead atoms. The standard InChI is InChI=1S/C41H52N5.C12H15N2.C3H8.Cu/c1-3-5-15-28(26-42)40-35-21-11-9-19-33(35)38(46-40)23-13-12-22-37-30-16-6-7-17-31(30)39(44-37)25-24-29(27-43)41-34-20-10-8-18-32(34)36(45-41)14-4-2;13-12(6-3-7-12)11-10-5-2-1-4-9(10)8-14-11;1-3-2;/h6-11,16-21,28-29,38,41H,3-5,12-15,22-27,42-43H2,1-2H3;1-2,4-5,11H,3,6-8,13H2;3H2,1-2H3;/q2*-1;;+2. The molecule has 1 aromatic heterocycles. The summed E-state index contributed by atoms with van der Waals surface area (Å²) in [5.74, 6) is 0.659. The third-order valence-corrected chi connectivity index (χ3v) is 13.9. The van der Waals surface area contributed by atoms with E-state index in [1.807, 2.05) is 0 Å². The Bertz CT molecular complexity index is 2290. The number of hydrogen-bond acceptors (Lipinski definition) is 5. The molecule has 5 unspecified atom stereocenters. The largest absolute Gasteiger partial charge is 2.00 e. The number of nitrogens with zero attached hydrogens (tertiary/aromatic N) is 4. The monoisotopic (exact) mass is 909 g/mol. The second-order valence-corrected chi connectivity index (χ2v) is 18.6. The fourth-order valence-corrected chi connectivity index (χ4v) is 10.4. The quantitative estimate of drug-likeness (QED) is 0.0597. The maximum Gasteiger partial charge on any atom is 2.00 e. The van der Waals surface area contributed by atoms with Gasteiger partial charge in [0.05, 0.1) is 12.1 Å². The number of nitrogens with two attached hydrogens (primary N) is 3. The Morgan fingerprint density at radius 3 is 1.97 bits per heavy atom. The van der Waals surface area contributed by atoms with Gasteiger partial charge in [0.15, 0.2) is 0 Å². The van der Waals surface area contributed by atoms with E-state index in [0.29, 0.717) is 24.9 Å². The molecule has 6 N–H and O–H groups in total. The van der Waals surface area contributed by atoms with Crippen molar-refractivity contribution in [2.24, 2.45) is 39.0 Å². The Balaban J connectivity index is 0.000000314. The molecule has 345 valence electrons. The minimum Gasteiger partial charge on any atom is -0.664 e. The van der Waals surface area contributed by atoms with Gasteiger partial charge in [-0.3, -0.25) is 9.98 Å². The van der Waals surface area contributed by atoms with E-state index in [9.17, 15) is 0 Å². The van der Waals surface area contributed by atoms with Crippen LogP contribution in [0, 0.1) is 11.8 Å². The molecule has 0 spiro atoms. The smallest absolute Gasteiger partial charge is 0.664 e. The molecular weight excluding hydrogens is 834 g/mol. The SMILES string of the molecule is CCC.CCCCC(CN)C1=NC(CCCCc2[n-]c(CCC(CN)C3N=C(CCC)c4ccccc43)c3ccccc23)c2ccccc21.NC1(C2[N-]Cc3ccccc32)CCC1.[Cu+2]. The normalized spacial score (nSPS) is 19.6. The third-order valence-electron chi connectivity index (χ3n) is 13.9. The van der Waals surface area contributed by atoms with Crippen LogP contribution < -0.4 is 22.2 Å². The molecule has 64 heavy (non-hydrogen) atoms. The van der Waals surface area contributed by atoms with Gasteiger partial charge in [0.2, 0.25) is 0 Å². The summed E-state index contributed by atoms with van der Waals surface area (Å²) in [6.07, 6.45) is 16.7. The van der Waals surface area contributed by atoms with Crippen LogP contribution in [0.25, 0.3) is 16.1 Å². The molecule has 1 aliphatic carbocycles. The van der Waals surface area contributed by atoms with Crippen molar-refractivity contribution in [1.82, 2.24) is 4.98 Å². The van der Waals surface area contributed by atoms with Crippen LogP contribution in [0.1, 0.15) is 174 Å². The molecule has 7 nitrogen and oxygen atoms in total. The van der Waals surface area contributed by atoms with Crippen molar-refractivity contribution in [3.8, 4) is 0 Å². The Hall–Kier alpha value is -3.88. The van der Waals surface area contributed by atoms with Crippen LogP contribution in [0.15, 0.2) is 107 Å². The summed E-state index contributed by atoms with van der Waals surface area (Å²) in [5, 5.41) is 7.28. The van der Waals surface area contributed by atoms with Gasteiger partial charge in [-0.2, -0.15) is 11.4 Å². The van der Waals surface area contributed by atoms with Gasteiger partial charge in [0.25, 0.3) is 0 Å². The average molecular weight is 910 g/mol. The molecule has 5 aromatic rings. The third kappa shape index (κ3) is 11.2. The summed E-state index contributed by atoms with van der Waals surface area (Å²) in [7, 11) is 0. The predicted octanol–water partition coefficient (Wildman–Crippen LogP) is 12.6. The molecule has 4 heterocycles. The van der Waals surface area contributed by atoms with E-state index in [0.717, 1.165) is 77.2 Å². The number of aliphatic imine (C=N–C) groups is 2. The predicted molar refractivity (Wildman–Crippen MR) is 267 cm³/mol. The molecule has 1 radical (unpaired) electrons. The van der Waals surface area contributed by atoms with E-state index in [-0.39, 0.29) is 40.7 Å². The number of aryl methyl sites for hydroxylation is 2. The van der Waals surface area contributed by atoms with Crippen LogP contribution in [0.4, 0.5) is 0 Å². The average Bonchev–Trinajstić information content (AvgIpc) is 4.09. The molecule has 1 saturated carbocycles. The van der Waals surface area contributed by atoms with Gasteiger partial charge >= 0.3 is 17.1 Å². The minimum absolute atomic E-state index is 0. The maximum atomic E-state index is 6.42. The second-order valence-electron chi connectivity index (χ2n) is 18.6. The van der Waals surface area contributed by atoms with Gasteiger partial charge in [-0.25, -0.2) is 0 Å². The number of hydrogen-bond donors (Lipinski definition) is 3. The molecule has 5 atom stereocenters. The number of aromatic nitrogens is 1. The van der Waals surface area contributed by atoms with E-state index in [2.05, 4.69) is 130 Å². The molecule has 4 aliphatic rings. The van der Waals surface area contributed by atoms with Crippen molar-refractivity contribution in [2.45, 2.75) is 154 Å². The van der Waals surface area contributed by atoms with Gasteiger partial charge in [-0.15, -0.1) is 6.54 Å². The summed E-state index contributed by atoms with van der Waals surface area (Å²) < 4.78 is 0. The van der Waals surface area contributed by atoms with Crippen molar-refractivity contribution < 1.29 is 17.1 Å². The molecule has 0 amide bonds. The zero-order valence-corrected chi connectivity index (χ0v) is 40.1. The second kappa shape index (κ2) is 24.1. The van der Waals surface area contributed by atoms with E-state index in [1.165, 1.54) is 92.6 Å². The summed E-state index contributed by atoms with van der Waals surface area (Å²) in [6, 6.07) is 35.6.